The van der Waals surface area contributed by atoms with Crippen molar-refractivity contribution in [3.05, 3.63) is 35.4 Å². The number of hydrogen-bond acceptors (Lipinski definition) is 3. The van der Waals surface area contributed by atoms with Crippen molar-refractivity contribution in [1.29, 1.82) is 0 Å². The smallest absolute Gasteiger partial charge is 0.317 e. The Hall–Kier alpha value is -1.59. The number of carbonyl (C=O) groups is 1. The fraction of sp³-hybridized carbons (Fsp3) is 0.632. The van der Waals surface area contributed by atoms with E-state index in [2.05, 4.69) is 42.3 Å². The van der Waals surface area contributed by atoms with E-state index in [4.69, 9.17) is 0 Å². The number of urea groups is 1. The lowest BCUT2D eigenvalue weighted by Gasteiger charge is -2.32. The Balaban J connectivity index is 1.92. The maximum Gasteiger partial charge on any atom is 0.317 e. The van der Waals surface area contributed by atoms with Crippen LogP contribution in [0.25, 0.3) is 0 Å². The molecule has 1 fully saturated rings. The zero-order valence-corrected chi connectivity index (χ0v) is 15.0. The normalized spacial score (nSPS) is 18.0. The third kappa shape index (κ3) is 5.21. The number of benzene rings is 1. The molecule has 2 amide bonds. The van der Waals surface area contributed by atoms with Gasteiger partial charge in [0.25, 0.3) is 0 Å². The van der Waals surface area contributed by atoms with E-state index in [-0.39, 0.29) is 18.6 Å². The van der Waals surface area contributed by atoms with Crippen molar-refractivity contribution in [2.24, 2.45) is 5.92 Å². The van der Waals surface area contributed by atoms with Gasteiger partial charge in [-0.2, -0.15) is 0 Å². The van der Waals surface area contributed by atoms with Crippen LogP contribution in [0.2, 0.25) is 0 Å². The summed E-state index contributed by atoms with van der Waals surface area (Å²) in [5, 5.41) is 12.4. The molecule has 5 nitrogen and oxygen atoms in total. The highest BCUT2D eigenvalue weighted by molar-refractivity contribution is 5.74. The van der Waals surface area contributed by atoms with Gasteiger partial charge in [-0.25, -0.2) is 4.79 Å². The summed E-state index contributed by atoms with van der Waals surface area (Å²) in [5.74, 6) is 0.222. The number of likely N-dealkylation sites (tertiary alicyclic amines) is 1. The van der Waals surface area contributed by atoms with Gasteiger partial charge >= 0.3 is 6.03 Å². The minimum absolute atomic E-state index is 0.0224. The standard InChI is InChI=1S/C19H31N3O2/c1-3-21(4-2)14-18-10-6-5-9-17(18)12-20-19(24)22-11-7-8-16(13-22)15-23/h5-6,9-10,16,23H,3-4,7-8,11-15H2,1-2H3,(H,20,24). The molecule has 1 aromatic rings. The molecule has 0 saturated carbocycles. The Bertz CT molecular complexity index is 517. The van der Waals surface area contributed by atoms with Gasteiger partial charge < -0.3 is 15.3 Å². The molecule has 0 aliphatic carbocycles. The third-order valence-corrected chi connectivity index (χ3v) is 4.90. The quantitative estimate of drug-likeness (QED) is 0.806. The van der Waals surface area contributed by atoms with Gasteiger partial charge in [-0.15, -0.1) is 0 Å². The fourth-order valence-electron chi connectivity index (χ4n) is 3.25. The third-order valence-electron chi connectivity index (χ3n) is 4.90. The van der Waals surface area contributed by atoms with Crippen molar-refractivity contribution in [2.75, 3.05) is 32.8 Å². The SMILES string of the molecule is CCN(CC)Cc1ccccc1CNC(=O)N1CCCC(CO)C1. The molecule has 1 aliphatic heterocycles. The number of piperidine rings is 1. The summed E-state index contributed by atoms with van der Waals surface area (Å²) in [5.41, 5.74) is 2.45. The van der Waals surface area contributed by atoms with Gasteiger partial charge in [-0.3, -0.25) is 4.90 Å². The number of hydrogen-bond donors (Lipinski definition) is 2. The Labute approximate surface area is 145 Å². The van der Waals surface area contributed by atoms with Crippen molar-refractivity contribution in [3.63, 3.8) is 0 Å². The Morgan fingerprint density at radius 3 is 2.67 bits per heavy atom. The van der Waals surface area contributed by atoms with E-state index in [1.54, 1.807) is 0 Å². The minimum Gasteiger partial charge on any atom is -0.396 e. The molecule has 5 heteroatoms. The summed E-state index contributed by atoms with van der Waals surface area (Å²) in [6.45, 7) is 9.44. The zero-order valence-electron chi connectivity index (χ0n) is 15.0. The first-order chi connectivity index (χ1) is 11.7. The highest BCUT2D eigenvalue weighted by Crippen LogP contribution is 2.16. The molecule has 1 saturated heterocycles. The average Bonchev–Trinajstić information content (AvgIpc) is 2.64. The number of carbonyl (C=O) groups excluding carboxylic acids is 1. The maximum absolute atomic E-state index is 12.4. The molecule has 1 unspecified atom stereocenters. The summed E-state index contributed by atoms with van der Waals surface area (Å²) in [7, 11) is 0. The Morgan fingerprint density at radius 2 is 2.00 bits per heavy atom. The average molecular weight is 333 g/mol. The van der Waals surface area contributed by atoms with Crippen LogP contribution in [0.5, 0.6) is 0 Å². The number of nitrogens with zero attached hydrogens (tertiary/aromatic N) is 2. The van der Waals surface area contributed by atoms with Crippen molar-refractivity contribution < 1.29 is 9.90 Å². The molecule has 134 valence electrons. The molecular weight excluding hydrogens is 302 g/mol. The molecule has 2 N–H and O–H groups in total. The second-order valence-corrected chi connectivity index (χ2v) is 6.53. The van der Waals surface area contributed by atoms with E-state index in [9.17, 15) is 9.90 Å². The highest BCUT2D eigenvalue weighted by Gasteiger charge is 2.22. The van der Waals surface area contributed by atoms with Gasteiger partial charge in [0.15, 0.2) is 0 Å². The number of nitrogens with one attached hydrogen (secondary N) is 1. The number of amides is 2. The molecule has 2 rings (SSSR count). The van der Waals surface area contributed by atoms with E-state index in [1.807, 2.05) is 11.0 Å². The topological polar surface area (TPSA) is 55.8 Å². The first-order valence-electron chi connectivity index (χ1n) is 9.10. The largest absolute Gasteiger partial charge is 0.396 e. The van der Waals surface area contributed by atoms with Gasteiger partial charge in [-0.1, -0.05) is 38.1 Å². The summed E-state index contributed by atoms with van der Waals surface area (Å²) >= 11 is 0. The highest BCUT2D eigenvalue weighted by atomic mass is 16.3. The summed E-state index contributed by atoms with van der Waals surface area (Å²) in [6, 6.07) is 8.29. The Morgan fingerprint density at radius 1 is 1.29 bits per heavy atom. The van der Waals surface area contributed by atoms with Gasteiger partial charge in [0, 0.05) is 32.8 Å². The summed E-state index contributed by atoms with van der Waals surface area (Å²) < 4.78 is 0. The molecule has 1 heterocycles. The minimum atomic E-state index is -0.0224. The number of aliphatic hydroxyl groups is 1. The molecule has 1 aliphatic rings. The predicted molar refractivity (Wildman–Crippen MR) is 96.7 cm³/mol. The summed E-state index contributed by atoms with van der Waals surface area (Å²) in [6.07, 6.45) is 1.98. The number of aliphatic hydroxyl groups excluding tert-OH is 1. The van der Waals surface area contributed by atoms with Crippen molar-refractivity contribution >= 4 is 6.03 Å². The van der Waals surface area contributed by atoms with Crippen LogP contribution >= 0.6 is 0 Å². The van der Waals surface area contributed by atoms with Crippen LogP contribution in [-0.4, -0.2) is 53.7 Å². The van der Waals surface area contributed by atoms with E-state index < -0.39 is 0 Å². The molecular formula is C19H31N3O2. The van der Waals surface area contributed by atoms with E-state index in [0.29, 0.717) is 13.1 Å². The number of rotatable bonds is 7. The predicted octanol–water partition coefficient (Wildman–Crippen LogP) is 2.44. The van der Waals surface area contributed by atoms with Crippen LogP contribution in [-0.2, 0) is 13.1 Å². The molecule has 0 spiro atoms. The lowest BCUT2D eigenvalue weighted by Crippen LogP contribution is -2.46. The molecule has 24 heavy (non-hydrogen) atoms. The molecule has 1 aromatic carbocycles. The molecule has 0 aromatic heterocycles. The zero-order chi connectivity index (χ0) is 17.4. The molecule has 0 radical (unpaired) electrons. The van der Waals surface area contributed by atoms with Crippen LogP contribution in [0.4, 0.5) is 4.79 Å². The van der Waals surface area contributed by atoms with Crippen LogP contribution in [0.15, 0.2) is 24.3 Å². The van der Waals surface area contributed by atoms with Gasteiger partial charge in [-0.05, 0) is 43.0 Å². The summed E-state index contributed by atoms with van der Waals surface area (Å²) in [4.78, 5) is 16.6. The van der Waals surface area contributed by atoms with E-state index >= 15 is 0 Å². The van der Waals surface area contributed by atoms with Crippen LogP contribution in [0, 0.1) is 5.92 Å². The van der Waals surface area contributed by atoms with Gasteiger partial charge in [0.1, 0.15) is 0 Å². The lowest BCUT2D eigenvalue weighted by atomic mass is 9.99. The van der Waals surface area contributed by atoms with Gasteiger partial charge in [0.2, 0.25) is 0 Å². The molecule has 1 atom stereocenters. The molecule has 0 bridgehead atoms. The maximum atomic E-state index is 12.4. The van der Waals surface area contributed by atoms with Crippen LogP contribution in [0.3, 0.4) is 0 Å². The lowest BCUT2D eigenvalue weighted by molar-refractivity contribution is 0.129. The fourth-order valence-corrected chi connectivity index (χ4v) is 3.25. The monoisotopic (exact) mass is 333 g/mol. The first kappa shape index (κ1) is 18.7. The van der Waals surface area contributed by atoms with E-state index in [1.165, 1.54) is 11.1 Å². The second kappa shape index (κ2) is 9.64. The van der Waals surface area contributed by atoms with Crippen LogP contribution < -0.4 is 5.32 Å². The van der Waals surface area contributed by atoms with Crippen molar-refractivity contribution in [2.45, 2.75) is 39.8 Å². The first-order valence-corrected chi connectivity index (χ1v) is 9.10. The second-order valence-electron chi connectivity index (χ2n) is 6.53. The Kier molecular flexibility index (Phi) is 7.53. The van der Waals surface area contributed by atoms with E-state index in [0.717, 1.165) is 39.0 Å². The van der Waals surface area contributed by atoms with Crippen molar-refractivity contribution in [1.82, 2.24) is 15.1 Å². The van der Waals surface area contributed by atoms with Crippen LogP contribution in [0.1, 0.15) is 37.8 Å². The van der Waals surface area contributed by atoms with Crippen molar-refractivity contribution in [3.8, 4) is 0 Å². The van der Waals surface area contributed by atoms with Gasteiger partial charge in [0.05, 0.1) is 0 Å².